The van der Waals surface area contributed by atoms with E-state index in [-0.39, 0.29) is 5.92 Å². The average Bonchev–Trinajstić information content (AvgIpc) is 2.93. The Labute approximate surface area is 111 Å². The highest BCUT2D eigenvalue weighted by atomic mass is 35.5. The number of aliphatic carboxylic acids is 1. The van der Waals surface area contributed by atoms with E-state index in [4.69, 9.17) is 16.7 Å². The summed E-state index contributed by atoms with van der Waals surface area (Å²) in [5.74, 6) is -0.908. The fourth-order valence-corrected chi connectivity index (χ4v) is 2.94. The Bertz CT molecular complexity index is 492. The summed E-state index contributed by atoms with van der Waals surface area (Å²) in [6, 6.07) is 5.97. The zero-order valence-electron chi connectivity index (χ0n) is 9.97. The SMILES string of the molecule is O=C(O)C1CCN(N2Cc3ccc(Cl)cc3C2)C1. The van der Waals surface area contributed by atoms with Gasteiger partial charge in [-0.2, -0.15) is 0 Å². The lowest BCUT2D eigenvalue weighted by Crippen LogP contribution is -2.37. The third kappa shape index (κ3) is 2.11. The van der Waals surface area contributed by atoms with Crippen LogP contribution in [0.5, 0.6) is 0 Å². The number of carbonyl (C=O) groups is 1. The van der Waals surface area contributed by atoms with Crippen LogP contribution in [-0.4, -0.2) is 34.2 Å². The number of rotatable bonds is 2. The number of carboxylic acids is 1. The first-order valence-electron chi connectivity index (χ1n) is 6.13. The second kappa shape index (κ2) is 4.53. The van der Waals surface area contributed by atoms with E-state index in [9.17, 15) is 4.79 Å². The van der Waals surface area contributed by atoms with Crippen molar-refractivity contribution >= 4 is 17.6 Å². The minimum atomic E-state index is -0.683. The molecule has 0 radical (unpaired) electrons. The summed E-state index contributed by atoms with van der Waals surface area (Å²) in [5.41, 5.74) is 2.54. The Morgan fingerprint density at radius 3 is 2.78 bits per heavy atom. The first kappa shape index (κ1) is 12.0. The molecule has 0 aliphatic carbocycles. The van der Waals surface area contributed by atoms with Gasteiger partial charge in [0.25, 0.3) is 0 Å². The van der Waals surface area contributed by atoms with Crippen LogP contribution < -0.4 is 0 Å². The van der Waals surface area contributed by atoms with E-state index in [2.05, 4.69) is 16.1 Å². The highest BCUT2D eigenvalue weighted by molar-refractivity contribution is 6.30. The normalized spacial score (nSPS) is 24.4. The quantitative estimate of drug-likeness (QED) is 0.889. The van der Waals surface area contributed by atoms with Gasteiger partial charge in [0.1, 0.15) is 0 Å². The number of nitrogens with zero attached hydrogens (tertiary/aromatic N) is 2. The number of hydrogen-bond acceptors (Lipinski definition) is 3. The van der Waals surface area contributed by atoms with E-state index in [0.717, 1.165) is 31.1 Å². The number of benzene rings is 1. The van der Waals surface area contributed by atoms with E-state index < -0.39 is 5.97 Å². The van der Waals surface area contributed by atoms with Crippen LogP contribution in [0.25, 0.3) is 0 Å². The third-order valence-corrected chi connectivity index (χ3v) is 4.03. The van der Waals surface area contributed by atoms with Gasteiger partial charge < -0.3 is 5.11 Å². The summed E-state index contributed by atoms with van der Waals surface area (Å²) in [4.78, 5) is 11.0. The minimum Gasteiger partial charge on any atom is -0.481 e. The molecule has 1 saturated heterocycles. The highest BCUT2D eigenvalue weighted by Gasteiger charge is 2.33. The third-order valence-electron chi connectivity index (χ3n) is 3.79. The Kier molecular flexibility index (Phi) is 3.01. The van der Waals surface area contributed by atoms with Crippen molar-refractivity contribution in [2.75, 3.05) is 13.1 Å². The summed E-state index contributed by atoms with van der Waals surface area (Å²) in [6.07, 6.45) is 0.739. The van der Waals surface area contributed by atoms with Gasteiger partial charge in [0, 0.05) is 31.2 Å². The zero-order valence-corrected chi connectivity index (χ0v) is 10.7. The summed E-state index contributed by atoms with van der Waals surface area (Å²) in [7, 11) is 0. The maximum Gasteiger partial charge on any atom is 0.307 e. The molecule has 2 aliphatic rings. The number of hydrazine groups is 1. The molecule has 1 atom stereocenters. The first-order chi connectivity index (χ1) is 8.63. The summed E-state index contributed by atoms with van der Waals surface area (Å²) in [5, 5.41) is 14.2. The Balaban J connectivity index is 1.69. The fourth-order valence-electron chi connectivity index (χ4n) is 2.75. The molecule has 1 unspecified atom stereocenters. The van der Waals surface area contributed by atoms with Crippen LogP contribution in [0.3, 0.4) is 0 Å². The lowest BCUT2D eigenvalue weighted by atomic mass is 10.1. The highest BCUT2D eigenvalue weighted by Crippen LogP contribution is 2.29. The van der Waals surface area contributed by atoms with Crippen molar-refractivity contribution in [1.29, 1.82) is 0 Å². The van der Waals surface area contributed by atoms with E-state index in [0.29, 0.717) is 6.54 Å². The van der Waals surface area contributed by atoms with Gasteiger partial charge in [-0.05, 0) is 29.7 Å². The number of fused-ring (bicyclic) bond motifs is 1. The molecule has 1 aromatic rings. The summed E-state index contributed by atoms with van der Waals surface area (Å²) in [6.45, 7) is 3.15. The molecule has 0 saturated carbocycles. The zero-order chi connectivity index (χ0) is 12.7. The van der Waals surface area contributed by atoms with E-state index in [1.54, 1.807) is 0 Å². The standard InChI is InChI=1S/C13H15ClN2O2/c14-12-2-1-9-6-16(8-11(9)5-12)15-4-3-10(7-15)13(17)18/h1-2,5,10H,3-4,6-8H2,(H,17,18). The van der Waals surface area contributed by atoms with Crippen molar-refractivity contribution in [2.24, 2.45) is 5.92 Å². The minimum absolute atomic E-state index is 0.225. The topological polar surface area (TPSA) is 43.8 Å². The molecule has 2 heterocycles. The van der Waals surface area contributed by atoms with Crippen LogP contribution in [0.4, 0.5) is 0 Å². The number of hydrogen-bond donors (Lipinski definition) is 1. The van der Waals surface area contributed by atoms with Crippen molar-refractivity contribution < 1.29 is 9.90 Å². The molecule has 1 fully saturated rings. The molecular weight excluding hydrogens is 252 g/mol. The van der Waals surface area contributed by atoms with Crippen LogP contribution in [0.15, 0.2) is 18.2 Å². The van der Waals surface area contributed by atoms with Gasteiger partial charge in [-0.25, -0.2) is 10.0 Å². The second-order valence-electron chi connectivity index (χ2n) is 4.97. The van der Waals surface area contributed by atoms with Gasteiger partial charge in [0.05, 0.1) is 5.92 Å². The van der Waals surface area contributed by atoms with E-state index >= 15 is 0 Å². The van der Waals surface area contributed by atoms with Gasteiger partial charge in [0.2, 0.25) is 0 Å². The predicted molar refractivity (Wildman–Crippen MR) is 68.0 cm³/mol. The van der Waals surface area contributed by atoms with Gasteiger partial charge in [-0.1, -0.05) is 17.7 Å². The van der Waals surface area contributed by atoms with Crippen molar-refractivity contribution in [3.05, 3.63) is 34.3 Å². The van der Waals surface area contributed by atoms with E-state index in [1.807, 2.05) is 12.1 Å². The Hall–Kier alpha value is -1.10. The molecule has 1 N–H and O–H groups in total. The van der Waals surface area contributed by atoms with Crippen LogP contribution in [0.1, 0.15) is 17.5 Å². The second-order valence-corrected chi connectivity index (χ2v) is 5.41. The van der Waals surface area contributed by atoms with Crippen LogP contribution in [-0.2, 0) is 17.9 Å². The lowest BCUT2D eigenvalue weighted by Gasteiger charge is -2.27. The number of carboxylic acid groups (broad SMARTS) is 1. The maximum atomic E-state index is 11.0. The van der Waals surface area contributed by atoms with Crippen molar-refractivity contribution in [2.45, 2.75) is 19.5 Å². The van der Waals surface area contributed by atoms with Crippen molar-refractivity contribution in [1.82, 2.24) is 10.0 Å². The van der Waals surface area contributed by atoms with Crippen LogP contribution >= 0.6 is 11.6 Å². The lowest BCUT2D eigenvalue weighted by molar-refractivity contribution is -0.141. The summed E-state index contributed by atoms with van der Waals surface area (Å²) >= 11 is 5.99. The summed E-state index contributed by atoms with van der Waals surface area (Å²) < 4.78 is 0. The van der Waals surface area contributed by atoms with E-state index in [1.165, 1.54) is 11.1 Å². The molecule has 2 aliphatic heterocycles. The van der Waals surface area contributed by atoms with Crippen molar-refractivity contribution in [3.63, 3.8) is 0 Å². The molecule has 0 amide bonds. The molecule has 0 bridgehead atoms. The molecule has 5 heteroatoms. The molecule has 96 valence electrons. The van der Waals surface area contributed by atoms with Crippen molar-refractivity contribution in [3.8, 4) is 0 Å². The van der Waals surface area contributed by atoms with Crippen LogP contribution in [0.2, 0.25) is 5.02 Å². The van der Waals surface area contributed by atoms with Gasteiger partial charge >= 0.3 is 5.97 Å². The largest absolute Gasteiger partial charge is 0.481 e. The molecule has 0 spiro atoms. The van der Waals surface area contributed by atoms with Gasteiger partial charge in [-0.15, -0.1) is 0 Å². The number of halogens is 1. The molecule has 18 heavy (non-hydrogen) atoms. The fraction of sp³-hybridized carbons (Fsp3) is 0.462. The van der Waals surface area contributed by atoms with Gasteiger partial charge in [-0.3, -0.25) is 4.79 Å². The average molecular weight is 267 g/mol. The monoisotopic (exact) mass is 266 g/mol. The molecule has 4 nitrogen and oxygen atoms in total. The first-order valence-corrected chi connectivity index (χ1v) is 6.51. The molecule has 3 rings (SSSR count). The Morgan fingerprint density at radius 1 is 1.28 bits per heavy atom. The molecular formula is C13H15ClN2O2. The van der Waals surface area contributed by atoms with Gasteiger partial charge in [0.15, 0.2) is 0 Å². The Morgan fingerprint density at radius 2 is 2.06 bits per heavy atom. The molecule has 0 aromatic heterocycles. The maximum absolute atomic E-state index is 11.0. The van der Waals surface area contributed by atoms with Crippen LogP contribution in [0, 0.1) is 5.92 Å². The smallest absolute Gasteiger partial charge is 0.307 e. The molecule has 1 aromatic carbocycles. The predicted octanol–water partition coefficient (Wildman–Crippen LogP) is 1.98.